The third-order valence-electron chi connectivity index (χ3n) is 3.14. The number of oxime groups is 1. The predicted molar refractivity (Wildman–Crippen MR) is 70.5 cm³/mol. The van der Waals surface area contributed by atoms with E-state index in [1.807, 2.05) is 0 Å². The van der Waals surface area contributed by atoms with Crippen LogP contribution < -0.4 is 11.5 Å². The number of nitrogens with zero attached hydrogens (tertiary/aromatic N) is 3. The summed E-state index contributed by atoms with van der Waals surface area (Å²) in [5.74, 6) is -1.67. The number of carbonyl (C=O) groups excluding carboxylic acids is 3. The van der Waals surface area contributed by atoms with E-state index in [1.54, 1.807) is 0 Å². The number of piperidine rings is 1. The normalized spacial score (nSPS) is 25.8. The van der Waals surface area contributed by atoms with E-state index >= 15 is 0 Å². The zero-order chi connectivity index (χ0) is 17.4. The fourth-order valence-corrected chi connectivity index (χ4v) is 2.63. The van der Waals surface area contributed by atoms with Crippen molar-refractivity contribution >= 4 is 34.0 Å². The van der Waals surface area contributed by atoms with E-state index in [2.05, 4.69) is 14.3 Å². The lowest BCUT2D eigenvalue weighted by molar-refractivity contribution is -0.123. The summed E-state index contributed by atoms with van der Waals surface area (Å²) in [5.41, 5.74) is 10.1. The van der Waals surface area contributed by atoms with Gasteiger partial charge >= 0.3 is 16.4 Å². The first kappa shape index (κ1) is 16.9. The number of amides is 4. The van der Waals surface area contributed by atoms with E-state index in [0.717, 1.165) is 4.90 Å². The summed E-state index contributed by atoms with van der Waals surface area (Å²) in [6, 6.07) is -3.14. The van der Waals surface area contributed by atoms with Crippen molar-refractivity contribution in [3.8, 4) is 0 Å². The van der Waals surface area contributed by atoms with Gasteiger partial charge in [0.05, 0.1) is 12.3 Å². The van der Waals surface area contributed by atoms with E-state index in [0.29, 0.717) is 5.06 Å². The van der Waals surface area contributed by atoms with Crippen molar-refractivity contribution in [2.24, 2.45) is 16.6 Å². The first-order valence-corrected chi connectivity index (χ1v) is 7.50. The molecule has 0 radical (unpaired) electrons. The number of nitrogens with two attached hydrogens (primary N) is 2. The van der Waals surface area contributed by atoms with E-state index in [4.69, 9.17) is 16.0 Å². The number of rotatable bonds is 6. The van der Waals surface area contributed by atoms with Crippen molar-refractivity contribution in [1.29, 1.82) is 0 Å². The number of carbonyl (C=O) groups is 3. The molecule has 0 unspecified atom stereocenters. The summed E-state index contributed by atoms with van der Waals surface area (Å²) >= 11 is 0. The van der Waals surface area contributed by atoms with E-state index in [1.165, 1.54) is 0 Å². The molecule has 4 amide bonds. The second-order valence-electron chi connectivity index (χ2n) is 4.72. The van der Waals surface area contributed by atoms with Crippen LogP contribution in [0.1, 0.15) is 6.42 Å². The maximum Gasteiger partial charge on any atom is 0.418 e. The Bertz CT molecular complexity index is 675. The van der Waals surface area contributed by atoms with Crippen LogP contribution in [-0.4, -0.2) is 71.7 Å². The minimum absolute atomic E-state index is 0.0285. The van der Waals surface area contributed by atoms with Gasteiger partial charge in [0.15, 0.2) is 6.61 Å². The molecule has 2 aliphatic heterocycles. The van der Waals surface area contributed by atoms with Crippen molar-refractivity contribution in [2.45, 2.75) is 18.5 Å². The van der Waals surface area contributed by atoms with Gasteiger partial charge in [-0.2, -0.15) is 13.5 Å². The molecule has 14 heteroatoms. The molecule has 0 aromatic heterocycles. The van der Waals surface area contributed by atoms with Crippen LogP contribution in [0.5, 0.6) is 0 Å². The molecule has 0 aromatic rings. The monoisotopic (exact) mass is 351 g/mol. The van der Waals surface area contributed by atoms with Crippen molar-refractivity contribution in [1.82, 2.24) is 9.96 Å². The van der Waals surface area contributed by atoms with Crippen LogP contribution in [0.4, 0.5) is 4.79 Å². The molecule has 0 spiro atoms. The predicted octanol–water partition coefficient (Wildman–Crippen LogP) is -3.06. The summed E-state index contributed by atoms with van der Waals surface area (Å²) < 4.78 is 34.6. The van der Waals surface area contributed by atoms with Gasteiger partial charge in [-0.15, -0.1) is 4.28 Å². The second kappa shape index (κ2) is 5.98. The van der Waals surface area contributed by atoms with Crippen molar-refractivity contribution in [3.05, 3.63) is 0 Å². The van der Waals surface area contributed by atoms with Crippen LogP contribution in [0.2, 0.25) is 0 Å². The van der Waals surface area contributed by atoms with Crippen LogP contribution in [0.25, 0.3) is 0 Å². The van der Waals surface area contributed by atoms with Gasteiger partial charge in [-0.1, -0.05) is 5.16 Å². The topological polar surface area (TPSA) is 195 Å². The largest absolute Gasteiger partial charge is 0.418 e. The fourth-order valence-electron chi connectivity index (χ4n) is 2.26. The molecular weight excluding hydrogens is 338 g/mol. The maximum absolute atomic E-state index is 12.1. The van der Waals surface area contributed by atoms with Gasteiger partial charge in [0.25, 0.3) is 5.91 Å². The average Bonchev–Trinajstić information content (AvgIpc) is 2.65. The molecule has 0 saturated carbocycles. The highest BCUT2D eigenvalue weighted by Gasteiger charge is 2.52. The number of primary amides is 2. The average molecular weight is 351 g/mol. The summed E-state index contributed by atoms with van der Waals surface area (Å²) in [7, 11) is -4.98. The van der Waals surface area contributed by atoms with Crippen LogP contribution in [-0.2, 0) is 29.1 Å². The smallest absolute Gasteiger partial charge is 0.386 e. The van der Waals surface area contributed by atoms with E-state index < -0.39 is 46.9 Å². The zero-order valence-electron chi connectivity index (χ0n) is 11.5. The number of hydroxylamine groups is 2. The lowest BCUT2D eigenvalue weighted by atomic mass is 9.98. The summed E-state index contributed by atoms with van der Waals surface area (Å²) in [6.07, 6.45) is -0.157. The molecule has 2 fully saturated rings. The van der Waals surface area contributed by atoms with Gasteiger partial charge in [-0.3, -0.25) is 14.1 Å². The number of fused-ring (bicyclic) bond motifs is 2. The standard InChI is InChI=1S/C9H13N5O8S/c10-7(15)3-21-12-4-1-5(8(11)16)13-2-6(4)14(9(13)17)22-23(18,19)20/h5-6H,1-3H2,(H2,10,15)(H2,11,16)(H,18,19,20)/b12-4-/t5-,6-/m0/s1. The maximum atomic E-state index is 12.1. The quantitative estimate of drug-likeness (QED) is 0.331. The Morgan fingerprint density at radius 2 is 2.04 bits per heavy atom. The molecule has 23 heavy (non-hydrogen) atoms. The molecule has 2 aliphatic rings. The van der Waals surface area contributed by atoms with Gasteiger partial charge in [-0.05, 0) is 0 Å². The minimum Gasteiger partial charge on any atom is -0.386 e. The first-order chi connectivity index (χ1) is 10.6. The molecule has 2 saturated heterocycles. The third kappa shape index (κ3) is 3.66. The minimum atomic E-state index is -4.98. The molecule has 2 heterocycles. The molecule has 2 bridgehead atoms. The number of hydrogen-bond acceptors (Lipinski definition) is 8. The van der Waals surface area contributed by atoms with Crippen LogP contribution in [0, 0.1) is 0 Å². The van der Waals surface area contributed by atoms with E-state index in [9.17, 15) is 22.8 Å². The van der Waals surface area contributed by atoms with Crippen LogP contribution in [0.3, 0.4) is 0 Å². The molecule has 13 nitrogen and oxygen atoms in total. The van der Waals surface area contributed by atoms with Gasteiger partial charge in [-0.25, -0.2) is 4.79 Å². The van der Waals surface area contributed by atoms with Crippen LogP contribution in [0.15, 0.2) is 5.16 Å². The second-order valence-corrected chi connectivity index (χ2v) is 5.73. The number of hydrogen-bond donors (Lipinski definition) is 3. The van der Waals surface area contributed by atoms with Crippen molar-refractivity contribution in [3.63, 3.8) is 0 Å². The zero-order valence-corrected chi connectivity index (χ0v) is 12.3. The molecular formula is C9H13N5O8S. The third-order valence-corrected chi connectivity index (χ3v) is 3.49. The molecule has 0 aromatic carbocycles. The van der Waals surface area contributed by atoms with Gasteiger partial charge < -0.3 is 21.2 Å². The lowest BCUT2D eigenvalue weighted by Gasteiger charge is -2.28. The highest BCUT2D eigenvalue weighted by atomic mass is 32.3. The summed E-state index contributed by atoms with van der Waals surface area (Å²) in [6.45, 7) is -0.727. The fraction of sp³-hybridized carbons (Fsp3) is 0.556. The van der Waals surface area contributed by atoms with Gasteiger partial charge in [0, 0.05) is 6.42 Å². The molecule has 2 rings (SSSR count). The molecule has 0 aliphatic carbocycles. The Morgan fingerprint density at radius 1 is 1.39 bits per heavy atom. The van der Waals surface area contributed by atoms with Gasteiger partial charge in [0.2, 0.25) is 5.91 Å². The Labute approximate surface area is 129 Å². The highest BCUT2D eigenvalue weighted by Crippen LogP contribution is 2.29. The Balaban J connectivity index is 2.30. The Kier molecular flexibility index (Phi) is 4.39. The first-order valence-electron chi connectivity index (χ1n) is 6.13. The van der Waals surface area contributed by atoms with Gasteiger partial charge in [0.1, 0.15) is 12.1 Å². The number of urea groups is 1. The molecule has 128 valence electrons. The molecule has 2 atom stereocenters. The summed E-state index contributed by atoms with van der Waals surface area (Å²) in [4.78, 5) is 39.8. The summed E-state index contributed by atoms with van der Waals surface area (Å²) in [5, 5.41) is 3.92. The Morgan fingerprint density at radius 3 is 2.57 bits per heavy atom. The Hall–Kier alpha value is -2.45. The van der Waals surface area contributed by atoms with Crippen molar-refractivity contribution in [2.75, 3.05) is 13.2 Å². The highest BCUT2D eigenvalue weighted by molar-refractivity contribution is 7.80. The van der Waals surface area contributed by atoms with E-state index in [-0.39, 0.29) is 18.7 Å². The lowest BCUT2D eigenvalue weighted by Crippen LogP contribution is -2.51. The van der Waals surface area contributed by atoms with Crippen LogP contribution >= 0.6 is 0 Å². The van der Waals surface area contributed by atoms with Crippen molar-refractivity contribution < 1.29 is 36.5 Å². The SMILES string of the molecule is NC(=O)CO/N=C1/C[C@@H](C(N)=O)N2C[C@@H]1N(OS(=O)(=O)O)C2=O. The molecule has 5 N–H and O–H groups in total.